The summed E-state index contributed by atoms with van der Waals surface area (Å²) in [5, 5.41) is 29.7. The Morgan fingerprint density at radius 2 is 1.95 bits per heavy atom. The van der Waals surface area contributed by atoms with E-state index in [1.54, 1.807) is 24.3 Å². The number of aliphatic hydroxyl groups is 1. The van der Waals surface area contributed by atoms with Crippen molar-refractivity contribution < 1.29 is 24.8 Å². The highest BCUT2D eigenvalue weighted by atomic mass is 16.6. The SMILES string of the molecule is COc1ccc(C2Cc3ccc(O)cc3OC2O)c(O)c1. The van der Waals surface area contributed by atoms with Crippen molar-refractivity contribution in [3.05, 3.63) is 47.5 Å². The zero-order chi connectivity index (χ0) is 15.0. The Morgan fingerprint density at radius 3 is 2.67 bits per heavy atom. The Labute approximate surface area is 122 Å². The van der Waals surface area contributed by atoms with Crippen LogP contribution in [0.15, 0.2) is 36.4 Å². The van der Waals surface area contributed by atoms with Crippen LogP contribution in [0.25, 0.3) is 0 Å². The number of fused-ring (bicyclic) bond motifs is 1. The lowest BCUT2D eigenvalue weighted by atomic mass is 9.88. The molecular weight excluding hydrogens is 272 g/mol. The molecule has 1 aliphatic rings. The van der Waals surface area contributed by atoms with Crippen LogP contribution >= 0.6 is 0 Å². The molecule has 0 fully saturated rings. The van der Waals surface area contributed by atoms with E-state index in [1.807, 2.05) is 0 Å². The van der Waals surface area contributed by atoms with Gasteiger partial charge in [-0.3, -0.25) is 0 Å². The Hall–Kier alpha value is -2.40. The number of hydrogen-bond acceptors (Lipinski definition) is 5. The number of benzene rings is 2. The summed E-state index contributed by atoms with van der Waals surface area (Å²) >= 11 is 0. The van der Waals surface area contributed by atoms with Crippen molar-refractivity contribution in [1.82, 2.24) is 0 Å². The van der Waals surface area contributed by atoms with Gasteiger partial charge in [-0.1, -0.05) is 12.1 Å². The second-order valence-electron chi connectivity index (χ2n) is 5.04. The molecule has 5 heteroatoms. The molecule has 0 saturated heterocycles. The normalized spacial score (nSPS) is 20.5. The van der Waals surface area contributed by atoms with Crippen molar-refractivity contribution in [2.75, 3.05) is 7.11 Å². The van der Waals surface area contributed by atoms with E-state index in [0.29, 0.717) is 23.5 Å². The molecule has 0 radical (unpaired) electrons. The molecule has 1 aliphatic heterocycles. The molecule has 21 heavy (non-hydrogen) atoms. The first-order valence-corrected chi connectivity index (χ1v) is 6.62. The van der Waals surface area contributed by atoms with E-state index in [1.165, 1.54) is 19.2 Å². The molecule has 2 aromatic rings. The fourth-order valence-corrected chi connectivity index (χ4v) is 2.60. The van der Waals surface area contributed by atoms with Gasteiger partial charge in [-0.25, -0.2) is 0 Å². The van der Waals surface area contributed by atoms with Crippen molar-refractivity contribution in [2.45, 2.75) is 18.6 Å². The van der Waals surface area contributed by atoms with Gasteiger partial charge >= 0.3 is 0 Å². The van der Waals surface area contributed by atoms with Gasteiger partial charge in [-0.2, -0.15) is 0 Å². The number of hydrogen-bond donors (Lipinski definition) is 3. The molecule has 2 atom stereocenters. The van der Waals surface area contributed by atoms with Crippen molar-refractivity contribution in [1.29, 1.82) is 0 Å². The molecule has 0 bridgehead atoms. The summed E-state index contributed by atoms with van der Waals surface area (Å²) < 4.78 is 10.5. The average Bonchev–Trinajstić information content (AvgIpc) is 2.46. The highest BCUT2D eigenvalue weighted by molar-refractivity contribution is 5.47. The van der Waals surface area contributed by atoms with E-state index in [4.69, 9.17) is 9.47 Å². The van der Waals surface area contributed by atoms with Crippen LogP contribution < -0.4 is 9.47 Å². The zero-order valence-corrected chi connectivity index (χ0v) is 11.5. The maximum Gasteiger partial charge on any atom is 0.204 e. The fourth-order valence-electron chi connectivity index (χ4n) is 2.60. The number of aromatic hydroxyl groups is 2. The fraction of sp³-hybridized carbons (Fsp3) is 0.250. The van der Waals surface area contributed by atoms with Crippen LogP contribution in [-0.2, 0) is 6.42 Å². The van der Waals surface area contributed by atoms with Gasteiger partial charge in [0.2, 0.25) is 6.29 Å². The van der Waals surface area contributed by atoms with Crippen LogP contribution in [0, 0.1) is 0 Å². The van der Waals surface area contributed by atoms with Gasteiger partial charge in [-0.15, -0.1) is 0 Å². The maximum absolute atomic E-state index is 10.2. The largest absolute Gasteiger partial charge is 0.508 e. The van der Waals surface area contributed by atoms with E-state index in [-0.39, 0.29) is 17.4 Å². The van der Waals surface area contributed by atoms with Gasteiger partial charge < -0.3 is 24.8 Å². The molecule has 0 aliphatic carbocycles. The number of aliphatic hydroxyl groups excluding tert-OH is 1. The summed E-state index contributed by atoms with van der Waals surface area (Å²) in [6.07, 6.45) is -0.574. The second kappa shape index (κ2) is 5.18. The van der Waals surface area contributed by atoms with Gasteiger partial charge in [0.25, 0.3) is 0 Å². The molecule has 0 amide bonds. The Kier molecular flexibility index (Phi) is 3.35. The van der Waals surface area contributed by atoms with Gasteiger partial charge in [0, 0.05) is 17.7 Å². The molecule has 0 spiro atoms. The summed E-state index contributed by atoms with van der Waals surface area (Å²) in [4.78, 5) is 0. The number of ether oxygens (including phenoxy) is 2. The van der Waals surface area contributed by atoms with Crippen molar-refractivity contribution in [3.63, 3.8) is 0 Å². The van der Waals surface area contributed by atoms with Crippen molar-refractivity contribution in [3.8, 4) is 23.0 Å². The molecule has 2 aromatic carbocycles. The van der Waals surface area contributed by atoms with Crippen molar-refractivity contribution >= 4 is 0 Å². The first kappa shape index (κ1) is 13.6. The highest BCUT2D eigenvalue weighted by Crippen LogP contribution is 2.40. The van der Waals surface area contributed by atoms with Crippen LogP contribution in [0.3, 0.4) is 0 Å². The maximum atomic E-state index is 10.2. The zero-order valence-electron chi connectivity index (χ0n) is 11.5. The van der Waals surface area contributed by atoms with E-state index >= 15 is 0 Å². The number of rotatable bonds is 2. The molecule has 110 valence electrons. The monoisotopic (exact) mass is 288 g/mol. The van der Waals surface area contributed by atoms with Gasteiger partial charge in [0.15, 0.2) is 0 Å². The summed E-state index contributed by atoms with van der Waals surface area (Å²) in [6.45, 7) is 0. The first-order valence-electron chi connectivity index (χ1n) is 6.62. The Bertz CT molecular complexity index is 668. The summed E-state index contributed by atoms with van der Waals surface area (Å²) in [5.74, 6) is 0.781. The summed E-state index contributed by atoms with van der Waals surface area (Å²) in [5.41, 5.74) is 1.47. The van der Waals surface area contributed by atoms with Crippen LogP contribution in [0.2, 0.25) is 0 Å². The number of phenols is 2. The van der Waals surface area contributed by atoms with E-state index in [2.05, 4.69) is 0 Å². The average molecular weight is 288 g/mol. The van der Waals surface area contributed by atoms with Crippen LogP contribution in [0.4, 0.5) is 0 Å². The van der Waals surface area contributed by atoms with Crippen molar-refractivity contribution in [2.24, 2.45) is 0 Å². The molecular formula is C16H16O5. The molecule has 1 heterocycles. The quantitative estimate of drug-likeness (QED) is 0.789. The minimum atomic E-state index is -1.08. The third-order valence-electron chi connectivity index (χ3n) is 3.72. The Morgan fingerprint density at radius 1 is 1.14 bits per heavy atom. The smallest absolute Gasteiger partial charge is 0.204 e. The third kappa shape index (κ3) is 2.48. The highest BCUT2D eigenvalue weighted by Gasteiger charge is 2.31. The van der Waals surface area contributed by atoms with Gasteiger partial charge in [-0.05, 0) is 24.1 Å². The molecule has 3 N–H and O–H groups in total. The van der Waals surface area contributed by atoms with E-state index in [0.717, 1.165) is 5.56 Å². The lowest BCUT2D eigenvalue weighted by Crippen LogP contribution is -2.31. The molecule has 0 saturated carbocycles. The second-order valence-corrected chi connectivity index (χ2v) is 5.04. The predicted octanol–water partition coefficient (Wildman–Crippen LogP) is 2.14. The summed E-state index contributed by atoms with van der Waals surface area (Å²) in [6, 6.07) is 9.76. The Balaban J connectivity index is 1.95. The third-order valence-corrected chi connectivity index (χ3v) is 3.72. The molecule has 5 nitrogen and oxygen atoms in total. The van der Waals surface area contributed by atoms with E-state index in [9.17, 15) is 15.3 Å². The molecule has 2 unspecified atom stereocenters. The first-order chi connectivity index (χ1) is 10.1. The van der Waals surface area contributed by atoms with Crippen LogP contribution in [0.1, 0.15) is 17.0 Å². The van der Waals surface area contributed by atoms with Crippen LogP contribution in [0.5, 0.6) is 23.0 Å². The number of methoxy groups -OCH3 is 1. The topological polar surface area (TPSA) is 79.2 Å². The standard InChI is InChI=1S/C16H16O5/c1-20-11-4-5-12(14(18)8-11)13-6-9-2-3-10(17)7-15(9)21-16(13)19/h2-5,7-8,13,16-19H,6H2,1H3. The minimum Gasteiger partial charge on any atom is -0.508 e. The predicted molar refractivity (Wildman–Crippen MR) is 75.8 cm³/mol. The molecule has 0 aromatic heterocycles. The lowest BCUT2D eigenvalue weighted by Gasteiger charge is -2.31. The van der Waals surface area contributed by atoms with Crippen LogP contribution in [-0.4, -0.2) is 28.7 Å². The minimum absolute atomic E-state index is 0.0595. The van der Waals surface area contributed by atoms with Gasteiger partial charge in [0.05, 0.1) is 13.0 Å². The van der Waals surface area contributed by atoms with Gasteiger partial charge in [0.1, 0.15) is 23.0 Å². The summed E-state index contributed by atoms with van der Waals surface area (Å²) in [7, 11) is 1.52. The molecule has 3 rings (SSSR count). The van der Waals surface area contributed by atoms with E-state index < -0.39 is 6.29 Å². The number of phenolic OH excluding ortho intramolecular Hbond substituents is 2. The lowest BCUT2D eigenvalue weighted by molar-refractivity contribution is -0.0486.